The largest absolute Gasteiger partial charge is 0.508 e. The van der Waals surface area contributed by atoms with Gasteiger partial charge in [-0.15, -0.1) is 0 Å². The van der Waals surface area contributed by atoms with Gasteiger partial charge in [0.1, 0.15) is 22.8 Å². The number of aromatic hydroxyl groups is 1. The van der Waals surface area contributed by atoms with Crippen LogP contribution in [0, 0.1) is 11.8 Å². The molecule has 0 aliphatic heterocycles. The summed E-state index contributed by atoms with van der Waals surface area (Å²) in [6.07, 6.45) is 0.104. The topological polar surface area (TPSA) is 202 Å². The van der Waals surface area contributed by atoms with Gasteiger partial charge < -0.3 is 36.2 Å². The van der Waals surface area contributed by atoms with Crippen molar-refractivity contribution in [1.29, 1.82) is 0 Å². The first-order valence-corrected chi connectivity index (χ1v) is 13.2. The Kier molecular flexibility index (Phi) is 6.66. The number of Topliss-reactive ketones (excluding diaryl/α,β-unsaturated/α-hetero) is 2. The summed E-state index contributed by atoms with van der Waals surface area (Å²) in [4.78, 5) is 54.3. The van der Waals surface area contributed by atoms with Crippen molar-refractivity contribution >= 4 is 34.9 Å². The SMILES string of the molecule is CN(C)c1cc(-c2cccc(C(=O)O)c2)c(O)c2c1CC1CC3C(N(C)C)C(=O)C(C(N)=O)=C(O)C3(O)C(=O)C1=C2O. The summed E-state index contributed by atoms with van der Waals surface area (Å²) in [7, 11) is 6.58. The maximum Gasteiger partial charge on any atom is 0.335 e. The smallest absolute Gasteiger partial charge is 0.335 e. The molecule has 0 saturated heterocycles. The number of carbonyl (C=O) groups excluding carboxylic acids is 3. The first kappa shape index (κ1) is 28.8. The van der Waals surface area contributed by atoms with Gasteiger partial charge in [0.15, 0.2) is 11.4 Å². The molecule has 3 aliphatic rings. The van der Waals surface area contributed by atoms with Crippen LogP contribution in [-0.2, 0) is 20.8 Å². The molecule has 2 aromatic carbocycles. The molecule has 4 atom stereocenters. The first-order chi connectivity index (χ1) is 19.6. The lowest BCUT2D eigenvalue weighted by Crippen LogP contribution is -2.65. The van der Waals surface area contributed by atoms with Crippen LogP contribution in [0.15, 0.2) is 47.2 Å². The molecule has 220 valence electrons. The Bertz CT molecular complexity index is 1660. The van der Waals surface area contributed by atoms with E-state index in [-0.39, 0.29) is 35.1 Å². The Morgan fingerprint density at radius 2 is 1.71 bits per heavy atom. The Hall–Kier alpha value is -4.68. The van der Waals surface area contributed by atoms with Crippen molar-refractivity contribution in [3.8, 4) is 16.9 Å². The molecule has 4 unspecified atom stereocenters. The Balaban J connectivity index is 1.77. The zero-order valence-electron chi connectivity index (χ0n) is 23.4. The van der Waals surface area contributed by atoms with Crippen molar-refractivity contribution in [3.63, 3.8) is 0 Å². The third-order valence-corrected chi connectivity index (χ3v) is 8.60. The second-order valence-corrected chi connectivity index (χ2v) is 11.4. The van der Waals surface area contributed by atoms with Gasteiger partial charge in [0, 0.05) is 36.8 Å². The number of benzene rings is 2. The van der Waals surface area contributed by atoms with Gasteiger partial charge in [-0.1, -0.05) is 12.1 Å². The van der Waals surface area contributed by atoms with Crippen LogP contribution in [0.25, 0.3) is 16.9 Å². The fraction of sp³-hybridized carbons (Fsp3) is 0.333. The van der Waals surface area contributed by atoms with Gasteiger partial charge in [-0.05, 0) is 62.2 Å². The van der Waals surface area contributed by atoms with Crippen molar-refractivity contribution in [2.75, 3.05) is 33.1 Å². The van der Waals surface area contributed by atoms with E-state index in [0.29, 0.717) is 16.8 Å². The number of aliphatic hydroxyl groups excluding tert-OH is 2. The fourth-order valence-corrected chi connectivity index (χ4v) is 6.73. The third kappa shape index (κ3) is 3.90. The second kappa shape index (κ2) is 9.71. The molecule has 0 bridgehead atoms. The maximum absolute atomic E-state index is 14.1. The number of nitrogens with zero attached hydrogens (tertiary/aromatic N) is 2. The number of anilines is 1. The Morgan fingerprint density at radius 3 is 2.29 bits per heavy atom. The fourth-order valence-electron chi connectivity index (χ4n) is 6.73. The number of likely N-dealkylation sites (N-methyl/N-ethyl adjacent to an activating group) is 1. The summed E-state index contributed by atoms with van der Waals surface area (Å²) in [5.74, 6) is -8.48. The summed E-state index contributed by atoms with van der Waals surface area (Å²) in [5.41, 5.74) is 3.01. The number of nitrogens with two attached hydrogens (primary N) is 1. The molecule has 0 aromatic heterocycles. The highest BCUT2D eigenvalue weighted by Crippen LogP contribution is 2.54. The van der Waals surface area contributed by atoms with Gasteiger partial charge in [0.2, 0.25) is 5.78 Å². The predicted octanol–water partition coefficient (Wildman–Crippen LogP) is 1.40. The molecule has 12 nitrogen and oxygen atoms in total. The van der Waals surface area contributed by atoms with E-state index in [0.717, 1.165) is 0 Å². The Morgan fingerprint density at radius 1 is 1.05 bits per heavy atom. The molecule has 1 saturated carbocycles. The molecule has 3 aliphatic carbocycles. The molecule has 0 heterocycles. The summed E-state index contributed by atoms with van der Waals surface area (Å²) in [5, 5.41) is 55.4. The molecule has 7 N–H and O–H groups in total. The number of primary amides is 1. The number of aliphatic hydroxyl groups is 3. The van der Waals surface area contributed by atoms with Crippen LogP contribution >= 0.6 is 0 Å². The van der Waals surface area contributed by atoms with Crippen LogP contribution in [-0.4, -0.2) is 93.7 Å². The van der Waals surface area contributed by atoms with Gasteiger partial charge in [-0.2, -0.15) is 0 Å². The lowest BCUT2D eigenvalue weighted by atomic mass is 9.57. The van der Waals surface area contributed by atoms with Crippen LogP contribution in [0.5, 0.6) is 5.75 Å². The van der Waals surface area contributed by atoms with Crippen molar-refractivity contribution in [1.82, 2.24) is 4.90 Å². The highest BCUT2D eigenvalue weighted by atomic mass is 16.4. The van der Waals surface area contributed by atoms with E-state index in [2.05, 4.69) is 0 Å². The average Bonchev–Trinajstić information content (AvgIpc) is 2.90. The van der Waals surface area contributed by atoms with Gasteiger partial charge >= 0.3 is 5.97 Å². The third-order valence-electron chi connectivity index (χ3n) is 8.60. The number of amides is 1. The Labute approximate surface area is 240 Å². The molecule has 0 spiro atoms. The number of phenolic OH excluding ortho intramolecular Hbond substituents is 1. The van der Waals surface area contributed by atoms with Crippen LogP contribution in [0.4, 0.5) is 5.69 Å². The van der Waals surface area contributed by atoms with Crippen LogP contribution < -0.4 is 10.6 Å². The van der Waals surface area contributed by atoms with Gasteiger partial charge in [-0.3, -0.25) is 19.3 Å². The van der Waals surface area contributed by atoms with E-state index < -0.39 is 69.8 Å². The summed E-state index contributed by atoms with van der Waals surface area (Å²) in [6.45, 7) is 0. The van der Waals surface area contributed by atoms with Crippen LogP contribution in [0.1, 0.15) is 27.9 Å². The molecule has 2 aromatic rings. The molecule has 12 heteroatoms. The molecular formula is C30H31N3O9. The number of carbonyl (C=O) groups is 4. The summed E-state index contributed by atoms with van der Waals surface area (Å²) < 4.78 is 0. The maximum atomic E-state index is 14.1. The van der Waals surface area contributed by atoms with E-state index >= 15 is 0 Å². The molecule has 0 radical (unpaired) electrons. The zero-order valence-corrected chi connectivity index (χ0v) is 23.4. The molecule has 42 heavy (non-hydrogen) atoms. The standard InChI is InChI=1S/C30H31N3O9/c1-32(2)18-11-15(12-6-5-7-13(8-12)29(40)41)23(34)20-16(18)9-14-10-17-22(33(3)4)25(36)21(28(31)39)27(38)30(17,42)26(37)19(14)24(20)35/h5-8,11,14,17,22,34-35,38,42H,9-10H2,1-4H3,(H2,31,39)(H,40,41). The van der Waals surface area contributed by atoms with E-state index in [4.69, 9.17) is 5.73 Å². The number of aromatic carboxylic acids is 1. The lowest BCUT2D eigenvalue weighted by Gasteiger charge is -2.50. The monoisotopic (exact) mass is 577 g/mol. The summed E-state index contributed by atoms with van der Waals surface area (Å²) in [6, 6.07) is 6.36. The number of hydrogen-bond donors (Lipinski definition) is 6. The van der Waals surface area contributed by atoms with Gasteiger partial charge in [0.25, 0.3) is 5.91 Å². The van der Waals surface area contributed by atoms with E-state index in [9.17, 15) is 44.7 Å². The van der Waals surface area contributed by atoms with E-state index in [1.165, 1.54) is 37.2 Å². The number of hydrogen-bond acceptors (Lipinski definition) is 10. The van der Waals surface area contributed by atoms with Crippen LogP contribution in [0.3, 0.4) is 0 Å². The summed E-state index contributed by atoms with van der Waals surface area (Å²) >= 11 is 0. The number of phenols is 1. The highest BCUT2D eigenvalue weighted by Gasteiger charge is 2.64. The van der Waals surface area contributed by atoms with Crippen LogP contribution in [0.2, 0.25) is 0 Å². The van der Waals surface area contributed by atoms with Crippen molar-refractivity contribution in [2.45, 2.75) is 24.5 Å². The number of ketones is 2. The number of rotatable bonds is 5. The second-order valence-electron chi connectivity index (χ2n) is 11.4. The van der Waals surface area contributed by atoms with Crippen molar-refractivity contribution in [2.24, 2.45) is 17.6 Å². The average molecular weight is 578 g/mol. The zero-order chi connectivity index (χ0) is 31.0. The van der Waals surface area contributed by atoms with Crippen molar-refractivity contribution < 1.29 is 44.7 Å². The van der Waals surface area contributed by atoms with Crippen molar-refractivity contribution in [3.05, 3.63) is 63.9 Å². The first-order valence-electron chi connectivity index (χ1n) is 13.2. The molecule has 5 rings (SSSR count). The molecule has 1 amide bonds. The minimum atomic E-state index is -2.74. The number of carboxylic acids is 1. The lowest BCUT2D eigenvalue weighted by molar-refractivity contribution is -0.153. The predicted molar refractivity (Wildman–Crippen MR) is 151 cm³/mol. The number of carboxylic acid groups (broad SMARTS) is 1. The van der Waals surface area contributed by atoms with Gasteiger partial charge in [0.05, 0.1) is 17.2 Å². The normalized spacial score (nSPS) is 25.2. The minimum absolute atomic E-state index is 0.0239. The minimum Gasteiger partial charge on any atom is -0.508 e. The quantitative estimate of drug-likeness (QED) is 0.280. The van der Waals surface area contributed by atoms with E-state index in [1.807, 2.05) is 0 Å². The van der Waals surface area contributed by atoms with E-state index in [1.54, 1.807) is 31.1 Å². The van der Waals surface area contributed by atoms with Gasteiger partial charge in [-0.25, -0.2) is 4.79 Å². The highest BCUT2D eigenvalue weighted by molar-refractivity contribution is 6.24. The molecular weight excluding hydrogens is 546 g/mol. The number of fused-ring (bicyclic) bond motifs is 3. The molecule has 1 fully saturated rings.